The van der Waals surface area contributed by atoms with Gasteiger partial charge in [-0.25, -0.2) is 0 Å². The number of piperidine rings is 1. The van der Waals surface area contributed by atoms with Gasteiger partial charge in [-0.2, -0.15) is 0 Å². The normalized spacial score (nSPS) is 17.3. The molecule has 5 nitrogen and oxygen atoms in total. The number of likely N-dealkylation sites (tertiary alicyclic amines) is 1. The van der Waals surface area contributed by atoms with Gasteiger partial charge in [0, 0.05) is 20.2 Å². The number of ether oxygens (including phenoxy) is 1. The van der Waals surface area contributed by atoms with E-state index in [1.165, 1.54) is 58.2 Å². The molecule has 0 aromatic heterocycles. The summed E-state index contributed by atoms with van der Waals surface area (Å²) in [4.78, 5) is 7.23. The summed E-state index contributed by atoms with van der Waals surface area (Å²) in [6.45, 7) is 12.6. The summed E-state index contributed by atoms with van der Waals surface area (Å²) in [7, 11) is 1.73. The molecule has 1 aliphatic heterocycles. The molecule has 5 heteroatoms. The SMILES string of the molecule is CCNC(=NCC(C)(C)OC)NCCCCCN1CCCCC1. The van der Waals surface area contributed by atoms with Crippen molar-refractivity contribution in [2.75, 3.05) is 46.4 Å². The highest BCUT2D eigenvalue weighted by Crippen LogP contribution is 2.10. The monoisotopic (exact) mass is 326 g/mol. The van der Waals surface area contributed by atoms with Gasteiger partial charge < -0.3 is 20.3 Å². The fraction of sp³-hybridized carbons (Fsp3) is 0.944. The Morgan fingerprint density at radius 2 is 1.83 bits per heavy atom. The van der Waals surface area contributed by atoms with Gasteiger partial charge in [0.15, 0.2) is 5.96 Å². The van der Waals surface area contributed by atoms with Crippen LogP contribution in [0.3, 0.4) is 0 Å². The zero-order valence-electron chi connectivity index (χ0n) is 15.8. The van der Waals surface area contributed by atoms with Crippen LogP contribution in [0.4, 0.5) is 0 Å². The maximum atomic E-state index is 5.41. The number of hydrogen-bond donors (Lipinski definition) is 2. The number of guanidine groups is 1. The van der Waals surface area contributed by atoms with Crippen LogP contribution in [-0.2, 0) is 4.74 Å². The van der Waals surface area contributed by atoms with Gasteiger partial charge in [0.2, 0.25) is 0 Å². The highest BCUT2D eigenvalue weighted by atomic mass is 16.5. The standard InChI is InChI=1S/C18H38N4O/c1-5-19-17(21-16-18(2,3)23-4)20-12-8-6-9-13-22-14-10-7-11-15-22/h5-16H2,1-4H3,(H2,19,20,21). The van der Waals surface area contributed by atoms with E-state index in [1.807, 2.05) is 0 Å². The first-order valence-corrected chi connectivity index (χ1v) is 9.37. The Balaban J connectivity index is 2.13. The first kappa shape index (κ1) is 20.2. The predicted octanol–water partition coefficient (Wildman–Crippen LogP) is 2.62. The molecule has 0 spiro atoms. The maximum absolute atomic E-state index is 5.41. The summed E-state index contributed by atoms with van der Waals surface area (Å²) in [6, 6.07) is 0. The minimum atomic E-state index is -0.212. The minimum Gasteiger partial charge on any atom is -0.377 e. The number of nitrogens with zero attached hydrogens (tertiary/aromatic N) is 2. The molecular weight excluding hydrogens is 288 g/mol. The Kier molecular flexibility index (Phi) is 10.3. The van der Waals surface area contributed by atoms with Gasteiger partial charge in [-0.1, -0.05) is 12.8 Å². The van der Waals surface area contributed by atoms with E-state index in [0.717, 1.165) is 19.0 Å². The summed E-state index contributed by atoms with van der Waals surface area (Å²) < 4.78 is 5.41. The van der Waals surface area contributed by atoms with Crippen LogP contribution in [0.1, 0.15) is 59.3 Å². The number of nitrogens with one attached hydrogen (secondary N) is 2. The minimum absolute atomic E-state index is 0.212. The van der Waals surface area contributed by atoms with E-state index in [0.29, 0.717) is 6.54 Å². The smallest absolute Gasteiger partial charge is 0.191 e. The van der Waals surface area contributed by atoms with Crippen molar-refractivity contribution in [3.05, 3.63) is 0 Å². The summed E-state index contributed by atoms with van der Waals surface area (Å²) in [6.07, 6.45) is 8.00. The van der Waals surface area contributed by atoms with Crippen LogP contribution in [0.2, 0.25) is 0 Å². The van der Waals surface area contributed by atoms with Crippen molar-refractivity contribution in [1.29, 1.82) is 0 Å². The maximum Gasteiger partial charge on any atom is 0.191 e. The number of unbranched alkanes of at least 4 members (excludes halogenated alkanes) is 2. The predicted molar refractivity (Wildman–Crippen MR) is 99.2 cm³/mol. The average Bonchev–Trinajstić information content (AvgIpc) is 2.56. The van der Waals surface area contributed by atoms with Crippen LogP contribution in [0.15, 0.2) is 4.99 Å². The first-order chi connectivity index (χ1) is 11.1. The van der Waals surface area contributed by atoms with Gasteiger partial charge in [0.1, 0.15) is 0 Å². The topological polar surface area (TPSA) is 48.9 Å². The van der Waals surface area contributed by atoms with Crippen LogP contribution in [0, 0.1) is 0 Å². The van der Waals surface area contributed by atoms with E-state index in [4.69, 9.17) is 4.74 Å². The molecular formula is C18H38N4O. The second kappa shape index (κ2) is 11.7. The van der Waals surface area contributed by atoms with E-state index in [-0.39, 0.29) is 5.60 Å². The average molecular weight is 327 g/mol. The molecule has 1 fully saturated rings. The van der Waals surface area contributed by atoms with Crippen LogP contribution >= 0.6 is 0 Å². The van der Waals surface area contributed by atoms with Crippen molar-refractivity contribution in [2.45, 2.75) is 64.9 Å². The quantitative estimate of drug-likeness (QED) is 0.368. The lowest BCUT2D eigenvalue weighted by molar-refractivity contribution is 0.0310. The van der Waals surface area contributed by atoms with E-state index in [2.05, 4.69) is 41.3 Å². The van der Waals surface area contributed by atoms with E-state index in [9.17, 15) is 0 Å². The zero-order valence-corrected chi connectivity index (χ0v) is 15.8. The molecule has 0 radical (unpaired) electrons. The van der Waals surface area contributed by atoms with E-state index in [1.54, 1.807) is 7.11 Å². The fourth-order valence-corrected chi connectivity index (χ4v) is 2.70. The molecule has 0 unspecified atom stereocenters. The second-order valence-electron chi connectivity index (χ2n) is 7.05. The van der Waals surface area contributed by atoms with Crippen molar-refractivity contribution < 1.29 is 4.74 Å². The molecule has 0 aromatic rings. The summed E-state index contributed by atoms with van der Waals surface area (Å²) in [5.41, 5.74) is -0.212. The van der Waals surface area contributed by atoms with E-state index < -0.39 is 0 Å². The van der Waals surface area contributed by atoms with Gasteiger partial charge in [-0.15, -0.1) is 0 Å². The number of rotatable bonds is 10. The molecule has 1 rings (SSSR count). The zero-order chi connectivity index (χ0) is 17.0. The van der Waals surface area contributed by atoms with Gasteiger partial charge in [0.25, 0.3) is 0 Å². The Morgan fingerprint density at radius 3 is 2.48 bits per heavy atom. The van der Waals surface area contributed by atoms with Crippen LogP contribution in [0.5, 0.6) is 0 Å². The molecule has 0 aliphatic carbocycles. The third kappa shape index (κ3) is 9.82. The molecule has 0 saturated carbocycles. The third-order valence-corrected chi connectivity index (χ3v) is 4.41. The van der Waals surface area contributed by atoms with Gasteiger partial charge >= 0.3 is 0 Å². The molecule has 0 amide bonds. The van der Waals surface area contributed by atoms with Crippen molar-refractivity contribution in [2.24, 2.45) is 4.99 Å². The molecule has 23 heavy (non-hydrogen) atoms. The van der Waals surface area contributed by atoms with Crippen molar-refractivity contribution >= 4 is 5.96 Å². The highest BCUT2D eigenvalue weighted by Gasteiger charge is 2.15. The largest absolute Gasteiger partial charge is 0.377 e. The molecule has 0 aromatic carbocycles. The number of hydrogen-bond acceptors (Lipinski definition) is 3. The van der Waals surface area contributed by atoms with Crippen molar-refractivity contribution in [3.8, 4) is 0 Å². The third-order valence-electron chi connectivity index (χ3n) is 4.41. The molecule has 1 aliphatic rings. The molecule has 2 N–H and O–H groups in total. The number of methoxy groups -OCH3 is 1. The summed E-state index contributed by atoms with van der Waals surface area (Å²) >= 11 is 0. The lowest BCUT2D eigenvalue weighted by Crippen LogP contribution is -2.39. The van der Waals surface area contributed by atoms with Crippen LogP contribution < -0.4 is 10.6 Å². The van der Waals surface area contributed by atoms with Gasteiger partial charge in [0.05, 0.1) is 12.1 Å². The molecule has 136 valence electrons. The lowest BCUT2D eigenvalue weighted by atomic mass is 10.1. The molecule has 0 atom stereocenters. The number of aliphatic imine (C=N–C) groups is 1. The summed E-state index contributed by atoms with van der Waals surface area (Å²) in [5.74, 6) is 0.897. The van der Waals surface area contributed by atoms with Crippen molar-refractivity contribution in [1.82, 2.24) is 15.5 Å². The first-order valence-electron chi connectivity index (χ1n) is 9.37. The van der Waals surface area contributed by atoms with Crippen LogP contribution in [0.25, 0.3) is 0 Å². The Hall–Kier alpha value is -0.810. The second-order valence-corrected chi connectivity index (χ2v) is 7.05. The van der Waals surface area contributed by atoms with Crippen LogP contribution in [-0.4, -0.2) is 62.8 Å². The van der Waals surface area contributed by atoms with Gasteiger partial charge in [-0.3, -0.25) is 4.99 Å². The van der Waals surface area contributed by atoms with Gasteiger partial charge in [-0.05, 0) is 66.1 Å². The van der Waals surface area contributed by atoms with Crippen molar-refractivity contribution in [3.63, 3.8) is 0 Å². The Bertz CT molecular complexity index is 325. The Labute approximate surface area is 143 Å². The highest BCUT2D eigenvalue weighted by molar-refractivity contribution is 5.79. The summed E-state index contributed by atoms with van der Waals surface area (Å²) in [5, 5.41) is 6.72. The molecule has 0 bridgehead atoms. The molecule has 1 heterocycles. The lowest BCUT2D eigenvalue weighted by Gasteiger charge is -2.26. The fourth-order valence-electron chi connectivity index (χ4n) is 2.70. The van der Waals surface area contributed by atoms with E-state index >= 15 is 0 Å². The molecule has 1 saturated heterocycles. The Morgan fingerprint density at radius 1 is 1.09 bits per heavy atom.